The van der Waals surface area contributed by atoms with Crippen LogP contribution in [0, 0.1) is 5.92 Å². The van der Waals surface area contributed by atoms with E-state index in [1.807, 2.05) is 13.8 Å². The van der Waals surface area contributed by atoms with E-state index >= 15 is 0 Å². The zero-order valence-electron chi connectivity index (χ0n) is 11.1. The average molecular weight is 319 g/mol. The number of para-hydroxylation sites is 1. The Hall–Kier alpha value is -1.46. The molecule has 0 aromatic heterocycles. The molecule has 1 atom stereocenters. The summed E-state index contributed by atoms with van der Waals surface area (Å²) in [5.41, 5.74) is 0.252. The molecule has 1 rings (SSSR count). The fourth-order valence-electron chi connectivity index (χ4n) is 1.62. The van der Waals surface area contributed by atoms with Crippen LogP contribution in [0.15, 0.2) is 18.2 Å². The van der Waals surface area contributed by atoms with Crippen LogP contribution in [0.2, 0.25) is 10.0 Å². The first-order valence-electron chi connectivity index (χ1n) is 6.05. The van der Waals surface area contributed by atoms with Crippen molar-refractivity contribution in [3.05, 3.63) is 28.2 Å². The Bertz CT molecular complexity index is 486. The predicted octanol–water partition coefficient (Wildman–Crippen LogP) is 3.61. The zero-order valence-corrected chi connectivity index (χ0v) is 12.6. The van der Waals surface area contributed by atoms with Crippen molar-refractivity contribution in [2.24, 2.45) is 5.92 Å². The third-order valence-electron chi connectivity index (χ3n) is 2.51. The summed E-state index contributed by atoms with van der Waals surface area (Å²) in [6, 6.07) is 3.17. The number of nitrogens with one attached hydrogen (secondary N) is 2. The first kappa shape index (κ1) is 16.6. The van der Waals surface area contributed by atoms with Gasteiger partial charge in [-0.15, -0.1) is 0 Å². The van der Waals surface area contributed by atoms with E-state index in [2.05, 4.69) is 10.6 Å². The van der Waals surface area contributed by atoms with Gasteiger partial charge < -0.3 is 15.7 Å². The smallest absolute Gasteiger partial charge is 0.326 e. The van der Waals surface area contributed by atoms with Gasteiger partial charge in [-0.1, -0.05) is 43.1 Å². The quantitative estimate of drug-likeness (QED) is 0.775. The summed E-state index contributed by atoms with van der Waals surface area (Å²) in [7, 11) is 0. The Morgan fingerprint density at radius 2 is 1.80 bits per heavy atom. The fraction of sp³-hybridized carbons (Fsp3) is 0.385. The molecule has 110 valence electrons. The van der Waals surface area contributed by atoms with Crippen LogP contribution < -0.4 is 10.6 Å². The van der Waals surface area contributed by atoms with Gasteiger partial charge in [0.15, 0.2) is 0 Å². The van der Waals surface area contributed by atoms with Crippen molar-refractivity contribution < 1.29 is 14.7 Å². The van der Waals surface area contributed by atoms with Crippen LogP contribution in [0.3, 0.4) is 0 Å². The van der Waals surface area contributed by atoms with E-state index in [4.69, 9.17) is 28.3 Å². The second-order valence-corrected chi connectivity index (χ2v) is 5.53. The number of carbonyl (C=O) groups is 2. The first-order chi connectivity index (χ1) is 9.31. The molecule has 5 nitrogen and oxygen atoms in total. The van der Waals surface area contributed by atoms with E-state index in [9.17, 15) is 9.59 Å². The maximum absolute atomic E-state index is 11.8. The molecular weight excluding hydrogens is 303 g/mol. The van der Waals surface area contributed by atoms with Crippen molar-refractivity contribution in [1.29, 1.82) is 0 Å². The van der Waals surface area contributed by atoms with E-state index in [1.54, 1.807) is 18.2 Å². The number of carbonyl (C=O) groups excluding carboxylic acids is 1. The lowest BCUT2D eigenvalue weighted by molar-refractivity contribution is -0.139. The molecule has 0 fully saturated rings. The van der Waals surface area contributed by atoms with Crippen LogP contribution in [-0.4, -0.2) is 23.1 Å². The van der Waals surface area contributed by atoms with Crippen LogP contribution in [-0.2, 0) is 4.79 Å². The highest BCUT2D eigenvalue weighted by molar-refractivity contribution is 6.39. The highest BCUT2D eigenvalue weighted by atomic mass is 35.5. The molecule has 20 heavy (non-hydrogen) atoms. The number of halogens is 2. The highest BCUT2D eigenvalue weighted by Crippen LogP contribution is 2.29. The van der Waals surface area contributed by atoms with Crippen molar-refractivity contribution in [1.82, 2.24) is 5.32 Å². The number of anilines is 1. The SMILES string of the molecule is CC(C)C[C@H](NC(=O)Nc1c(Cl)cccc1Cl)C(=O)O. The number of urea groups is 1. The van der Waals surface area contributed by atoms with Crippen LogP contribution >= 0.6 is 23.2 Å². The highest BCUT2D eigenvalue weighted by Gasteiger charge is 2.21. The van der Waals surface area contributed by atoms with E-state index in [0.29, 0.717) is 6.42 Å². The number of rotatable bonds is 5. The standard InChI is InChI=1S/C13H16Cl2N2O3/c1-7(2)6-10(12(18)19)16-13(20)17-11-8(14)4-3-5-9(11)15/h3-5,7,10H,6H2,1-2H3,(H,18,19)(H2,16,17,20)/t10-/m0/s1. The molecule has 0 aliphatic rings. The van der Waals surface area contributed by atoms with Gasteiger partial charge in [0, 0.05) is 0 Å². The molecule has 7 heteroatoms. The van der Waals surface area contributed by atoms with Crippen LogP contribution in [0.1, 0.15) is 20.3 Å². The number of hydrogen-bond donors (Lipinski definition) is 3. The normalized spacial score (nSPS) is 12.1. The molecule has 1 aromatic carbocycles. The monoisotopic (exact) mass is 318 g/mol. The van der Waals surface area contributed by atoms with Crippen LogP contribution in [0.4, 0.5) is 10.5 Å². The predicted molar refractivity (Wildman–Crippen MR) is 79.5 cm³/mol. The van der Waals surface area contributed by atoms with Gasteiger partial charge >= 0.3 is 12.0 Å². The number of amides is 2. The fourth-order valence-corrected chi connectivity index (χ4v) is 2.11. The number of carboxylic acids is 1. The first-order valence-corrected chi connectivity index (χ1v) is 6.81. The van der Waals surface area contributed by atoms with Crippen molar-refractivity contribution in [3.8, 4) is 0 Å². The summed E-state index contributed by atoms with van der Waals surface area (Å²) in [6.07, 6.45) is 0.332. The van der Waals surface area contributed by atoms with Crippen molar-refractivity contribution in [3.63, 3.8) is 0 Å². The molecule has 1 aromatic rings. The Balaban J connectivity index is 2.73. The lowest BCUT2D eigenvalue weighted by Gasteiger charge is -2.17. The summed E-state index contributed by atoms with van der Waals surface area (Å²) >= 11 is 11.8. The van der Waals surface area contributed by atoms with Crippen LogP contribution in [0.25, 0.3) is 0 Å². The lowest BCUT2D eigenvalue weighted by atomic mass is 10.0. The molecule has 0 bridgehead atoms. The minimum Gasteiger partial charge on any atom is -0.480 e. The van der Waals surface area contributed by atoms with Gasteiger partial charge in [0.1, 0.15) is 6.04 Å². The van der Waals surface area contributed by atoms with Crippen LogP contribution in [0.5, 0.6) is 0 Å². The molecule has 0 unspecified atom stereocenters. The molecular formula is C13H16Cl2N2O3. The van der Waals surface area contributed by atoms with E-state index < -0.39 is 18.0 Å². The van der Waals surface area contributed by atoms with Gasteiger partial charge in [-0.25, -0.2) is 9.59 Å². The Morgan fingerprint density at radius 3 is 2.25 bits per heavy atom. The zero-order chi connectivity index (χ0) is 15.3. The molecule has 0 aliphatic heterocycles. The van der Waals surface area contributed by atoms with Crippen molar-refractivity contribution in [2.75, 3.05) is 5.32 Å². The average Bonchev–Trinajstić information content (AvgIpc) is 2.32. The van der Waals surface area contributed by atoms with Gasteiger partial charge in [-0.05, 0) is 24.5 Å². The molecule has 0 radical (unpaired) electrons. The summed E-state index contributed by atoms with van der Waals surface area (Å²) < 4.78 is 0. The Morgan fingerprint density at radius 1 is 1.25 bits per heavy atom. The molecule has 2 amide bonds. The Labute approximate surface area is 127 Å². The minimum atomic E-state index is -1.08. The second kappa shape index (κ2) is 7.36. The van der Waals surface area contributed by atoms with Crippen molar-refractivity contribution in [2.45, 2.75) is 26.3 Å². The third-order valence-corrected chi connectivity index (χ3v) is 3.14. The van der Waals surface area contributed by atoms with Gasteiger partial charge in [0.25, 0.3) is 0 Å². The summed E-state index contributed by atoms with van der Waals surface area (Å²) in [6.45, 7) is 3.75. The largest absolute Gasteiger partial charge is 0.480 e. The second-order valence-electron chi connectivity index (χ2n) is 4.72. The van der Waals surface area contributed by atoms with Gasteiger partial charge in [0.2, 0.25) is 0 Å². The van der Waals surface area contributed by atoms with Gasteiger partial charge in [-0.3, -0.25) is 0 Å². The van der Waals surface area contributed by atoms with E-state index in [-0.39, 0.29) is 21.7 Å². The van der Waals surface area contributed by atoms with Gasteiger partial charge in [0.05, 0.1) is 15.7 Å². The number of hydrogen-bond acceptors (Lipinski definition) is 2. The molecule has 0 saturated heterocycles. The summed E-state index contributed by atoms with van der Waals surface area (Å²) in [5, 5.41) is 14.5. The van der Waals surface area contributed by atoms with E-state index in [1.165, 1.54) is 0 Å². The number of aliphatic carboxylic acids is 1. The maximum Gasteiger partial charge on any atom is 0.326 e. The summed E-state index contributed by atoms with van der Waals surface area (Å²) in [4.78, 5) is 22.9. The molecule has 3 N–H and O–H groups in total. The Kier molecular flexibility index (Phi) is 6.10. The third kappa shape index (κ3) is 4.90. The van der Waals surface area contributed by atoms with E-state index in [0.717, 1.165) is 0 Å². The minimum absolute atomic E-state index is 0.139. The van der Waals surface area contributed by atoms with Gasteiger partial charge in [-0.2, -0.15) is 0 Å². The summed E-state index contributed by atoms with van der Waals surface area (Å²) in [5.74, 6) is -0.945. The topological polar surface area (TPSA) is 78.4 Å². The number of carboxylic acid groups (broad SMARTS) is 1. The molecule has 0 saturated carbocycles. The molecule has 0 spiro atoms. The lowest BCUT2D eigenvalue weighted by Crippen LogP contribution is -2.43. The number of benzene rings is 1. The maximum atomic E-state index is 11.8. The molecule has 0 aliphatic carbocycles. The van der Waals surface area contributed by atoms with Crippen molar-refractivity contribution >= 4 is 40.9 Å². The molecule has 0 heterocycles.